The number of ether oxygens (including phenoxy) is 1. The Labute approximate surface area is 163 Å². The van der Waals surface area contributed by atoms with Crippen LogP contribution in [-0.2, 0) is 10.0 Å². The first kappa shape index (κ1) is 18.8. The van der Waals surface area contributed by atoms with Crippen molar-refractivity contribution >= 4 is 31.8 Å². The van der Waals surface area contributed by atoms with Crippen molar-refractivity contribution in [2.45, 2.75) is 4.90 Å². The van der Waals surface area contributed by atoms with E-state index in [-0.39, 0.29) is 22.0 Å². The number of benzene rings is 2. The van der Waals surface area contributed by atoms with Crippen LogP contribution in [0.4, 0.5) is 10.2 Å². The van der Waals surface area contributed by atoms with Gasteiger partial charge in [-0.15, -0.1) is 0 Å². The average Bonchev–Trinajstić information content (AvgIpc) is 2.65. The predicted molar refractivity (Wildman–Crippen MR) is 100 cm³/mol. The maximum atomic E-state index is 12.9. The van der Waals surface area contributed by atoms with E-state index in [4.69, 9.17) is 4.74 Å². The van der Waals surface area contributed by atoms with E-state index in [9.17, 15) is 18.1 Å². The molecule has 0 spiro atoms. The number of aromatic nitrogens is 1. The first-order chi connectivity index (χ1) is 12.9. The van der Waals surface area contributed by atoms with Gasteiger partial charge >= 0.3 is 0 Å². The lowest BCUT2D eigenvalue weighted by Crippen LogP contribution is -2.14. The highest BCUT2D eigenvalue weighted by molar-refractivity contribution is 9.10. The number of hydrogen-bond donors (Lipinski definition) is 1. The van der Waals surface area contributed by atoms with Crippen LogP contribution in [0.2, 0.25) is 0 Å². The van der Waals surface area contributed by atoms with E-state index >= 15 is 0 Å². The van der Waals surface area contributed by atoms with Crippen LogP contribution < -0.4 is 9.46 Å². The van der Waals surface area contributed by atoms with Gasteiger partial charge < -0.3 is 4.74 Å². The lowest BCUT2D eigenvalue weighted by molar-refractivity contribution is 0.480. The predicted octanol–water partition coefficient (Wildman–Crippen LogP) is 4.45. The van der Waals surface area contributed by atoms with Crippen molar-refractivity contribution in [3.63, 3.8) is 0 Å². The van der Waals surface area contributed by atoms with Gasteiger partial charge in [0.05, 0.1) is 16.7 Å². The summed E-state index contributed by atoms with van der Waals surface area (Å²) < 4.78 is 46.6. The third kappa shape index (κ3) is 4.61. The summed E-state index contributed by atoms with van der Waals surface area (Å²) in [5, 5.41) is 9.34. The molecule has 0 fully saturated rings. The number of rotatable bonds is 5. The molecular weight excluding hydrogens is 437 g/mol. The summed E-state index contributed by atoms with van der Waals surface area (Å²) in [6.45, 7) is 0. The molecule has 0 aliphatic heterocycles. The van der Waals surface area contributed by atoms with Crippen LogP contribution in [0, 0.1) is 17.1 Å². The van der Waals surface area contributed by atoms with Crippen molar-refractivity contribution in [3.8, 4) is 17.6 Å². The van der Waals surface area contributed by atoms with Crippen LogP contribution in [0.25, 0.3) is 0 Å². The van der Waals surface area contributed by atoms with Crippen LogP contribution in [0.15, 0.2) is 70.2 Å². The van der Waals surface area contributed by atoms with Gasteiger partial charge in [0.15, 0.2) is 0 Å². The smallest absolute Gasteiger partial charge is 0.263 e. The van der Waals surface area contributed by atoms with E-state index in [0.29, 0.717) is 5.75 Å². The van der Waals surface area contributed by atoms with Gasteiger partial charge in [0.25, 0.3) is 10.0 Å². The van der Waals surface area contributed by atoms with Gasteiger partial charge in [0, 0.05) is 4.47 Å². The monoisotopic (exact) mass is 447 g/mol. The quantitative estimate of drug-likeness (QED) is 0.623. The molecule has 1 aromatic heterocycles. The summed E-state index contributed by atoms with van der Waals surface area (Å²) in [6, 6.07) is 15.1. The largest absolute Gasteiger partial charge is 0.456 e. The van der Waals surface area contributed by atoms with Gasteiger partial charge in [-0.25, -0.2) is 17.8 Å². The van der Waals surface area contributed by atoms with Crippen LogP contribution in [0.5, 0.6) is 11.5 Å². The second-order valence-electron chi connectivity index (χ2n) is 5.29. The van der Waals surface area contributed by atoms with Crippen molar-refractivity contribution in [2.24, 2.45) is 0 Å². The van der Waals surface area contributed by atoms with Crippen LogP contribution in [0.1, 0.15) is 5.56 Å². The van der Waals surface area contributed by atoms with Crippen molar-refractivity contribution in [2.75, 3.05) is 4.72 Å². The zero-order chi connectivity index (χ0) is 19.4. The zero-order valence-electron chi connectivity index (χ0n) is 13.6. The fourth-order valence-electron chi connectivity index (χ4n) is 2.12. The molecule has 0 radical (unpaired) electrons. The second kappa shape index (κ2) is 7.73. The zero-order valence-corrected chi connectivity index (χ0v) is 16.0. The van der Waals surface area contributed by atoms with Gasteiger partial charge in [-0.2, -0.15) is 5.26 Å². The van der Waals surface area contributed by atoms with E-state index < -0.39 is 15.8 Å². The number of sulfonamides is 1. The molecule has 1 N–H and O–H groups in total. The Hall–Kier alpha value is -2.96. The molecule has 0 amide bonds. The van der Waals surface area contributed by atoms with E-state index in [0.717, 1.165) is 16.7 Å². The standard InChI is InChI=1S/C18H11BrFN3O3S/c19-13-1-4-15(5-2-13)26-17-7-6-16(9-12(17)10-21)27(24,25)23-18-8-3-14(20)11-22-18/h1-9,11H,(H,22,23). The Morgan fingerprint density at radius 2 is 1.85 bits per heavy atom. The summed E-state index contributed by atoms with van der Waals surface area (Å²) >= 11 is 3.31. The highest BCUT2D eigenvalue weighted by atomic mass is 79.9. The van der Waals surface area contributed by atoms with Crippen molar-refractivity contribution in [1.29, 1.82) is 5.26 Å². The first-order valence-corrected chi connectivity index (χ1v) is 9.77. The number of anilines is 1. The number of nitrogens with zero attached hydrogens (tertiary/aromatic N) is 2. The SMILES string of the molecule is N#Cc1cc(S(=O)(=O)Nc2ccc(F)cn2)ccc1Oc1ccc(Br)cc1. The topological polar surface area (TPSA) is 92.1 Å². The van der Waals surface area contributed by atoms with E-state index in [1.807, 2.05) is 6.07 Å². The molecule has 6 nitrogen and oxygen atoms in total. The maximum absolute atomic E-state index is 12.9. The number of nitrogens with one attached hydrogen (secondary N) is 1. The molecule has 3 rings (SSSR count). The molecule has 0 unspecified atom stereocenters. The fourth-order valence-corrected chi connectivity index (χ4v) is 3.41. The molecule has 136 valence electrons. The molecule has 2 aromatic carbocycles. The Bertz CT molecular complexity index is 1110. The summed E-state index contributed by atoms with van der Waals surface area (Å²) in [7, 11) is -4.00. The summed E-state index contributed by atoms with van der Waals surface area (Å²) in [6.07, 6.45) is 0.897. The van der Waals surface area contributed by atoms with Crippen molar-refractivity contribution < 1.29 is 17.5 Å². The Morgan fingerprint density at radius 1 is 1.11 bits per heavy atom. The highest BCUT2D eigenvalue weighted by Gasteiger charge is 2.18. The number of nitriles is 1. The third-order valence-electron chi connectivity index (χ3n) is 3.39. The lowest BCUT2D eigenvalue weighted by Gasteiger charge is -2.11. The van der Waals surface area contributed by atoms with Crippen molar-refractivity contribution in [3.05, 3.63) is 76.6 Å². The minimum absolute atomic E-state index is 0.0369. The molecule has 0 saturated heterocycles. The van der Waals surface area contributed by atoms with Crippen LogP contribution in [-0.4, -0.2) is 13.4 Å². The summed E-state index contributed by atoms with van der Waals surface area (Å²) in [5.41, 5.74) is 0.0489. The third-order valence-corrected chi connectivity index (χ3v) is 5.27. The number of halogens is 2. The Kier molecular flexibility index (Phi) is 5.39. The number of pyridine rings is 1. The molecule has 0 atom stereocenters. The van der Waals surface area contributed by atoms with Crippen molar-refractivity contribution in [1.82, 2.24) is 4.98 Å². The van der Waals surface area contributed by atoms with Crippen LogP contribution >= 0.6 is 15.9 Å². The fraction of sp³-hybridized carbons (Fsp3) is 0. The molecule has 0 aliphatic rings. The normalized spacial score (nSPS) is 10.9. The average molecular weight is 448 g/mol. The van der Waals surface area contributed by atoms with Gasteiger partial charge in [0.1, 0.15) is 29.2 Å². The van der Waals surface area contributed by atoms with E-state index in [1.54, 1.807) is 24.3 Å². The molecular formula is C18H11BrFN3O3S. The minimum atomic E-state index is -4.00. The molecule has 0 bridgehead atoms. The Balaban J connectivity index is 1.87. The summed E-state index contributed by atoms with van der Waals surface area (Å²) in [4.78, 5) is 3.51. The first-order valence-electron chi connectivity index (χ1n) is 7.49. The van der Waals surface area contributed by atoms with Gasteiger partial charge in [-0.3, -0.25) is 4.72 Å². The van der Waals surface area contributed by atoms with E-state index in [1.165, 1.54) is 24.3 Å². The molecule has 1 heterocycles. The number of hydrogen-bond acceptors (Lipinski definition) is 5. The molecule has 3 aromatic rings. The second-order valence-corrected chi connectivity index (χ2v) is 7.89. The van der Waals surface area contributed by atoms with Crippen LogP contribution in [0.3, 0.4) is 0 Å². The van der Waals surface area contributed by atoms with Gasteiger partial charge in [0.2, 0.25) is 0 Å². The molecule has 9 heteroatoms. The minimum Gasteiger partial charge on any atom is -0.456 e. The van der Waals surface area contributed by atoms with Gasteiger partial charge in [-0.1, -0.05) is 15.9 Å². The highest BCUT2D eigenvalue weighted by Crippen LogP contribution is 2.28. The molecule has 0 aliphatic carbocycles. The molecule has 0 saturated carbocycles. The lowest BCUT2D eigenvalue weighted by atomic mass is 10.2. The van der Waals surface area contributed by atoms with Gasteiger partial charge in [-0.05, 0) is 54.6 Å². The molecule has 27 heavy (non-hydrogen) atoms. The Morgan fingerprint density at radius 3 is 2.48 bits per heavy atom. The maximum Gasteiger partial charge on any atom is 0.263 e. The van der Waals surface area contributed by atoms with E-state index in [2.05, 4.69) is 25.6 Å². The summed E-state index contributed by atoms with van der Waals surface area (Å²) in [5.74, 6) is 0.0990.